The summed E-state index contributed by atoms with van der Waals surface area (Å²) in [5.74, 6) is 0. The van der Waals surface area contributed by atoms with Crippen LogP contribution in [-0.4, -0.2) is 37.0 Å². The lowest BCUT2D eigenvalue weighted by Crippen LogP contribution is -2.61. The summed E-state index contributed by atoms with van der Waals surface area (Å²) in [5, 5.41) is 3.76. The number of nitrogens with one attached hydrogen (secondary N) is 1. The highest BCUT2D eigenvalue weighted by Crippen LogP contribution is 2.44. The van der Waals surface area contributed by atoms with Gasteiger partial charge in [-0.3, -0.25) is 0 Å². The molecule has 3 aliphatic rings. The molecule has 3 nitrogen and oxygen atoms in total. The summed E-state index contributed by atoms with van der Waals surface area (Å²) in [4.78, 5) is 0. The molecule has 1 heterocycles. The minimum Gasteiger partial charge on any atom is -0.378 e. The van der Waals surface area contributed by atoms with E-state index < -0.39 is 0 Å². The molecule has 1 aliphatic heterocycles. The van der Waals surface area contributed by atoms with Crippen molar-refractivity contribution in [3.05, 3.63) is 0 Å². The van der Waals surface area contributed by atoms with Gasteiger partial charge in [0.05, 0.1) is 17.8 Å². The maximum absolute atomic E-state index is 6.46. The molecule has 3 heteroatoms. The average molecular weight is 295 g/mol. The number of rotatable bonds is 5. The molecular weight excluding hydrogens is 262 g/mol. The Morgan fingerprint density at radius 3 is 2.57 bits per heavy atom. The highest BCUT2D eigenvalue weighted by Gasteiger charge is 2.49. The average Bonchev–Trinajstić information content (AvgIpc) is 2.85. The van der Waals surface area contributed by atoms with Gasteiger partial charge in [0.25, 0.3) is 0 Å². The van der Waals surface area contributed by atoms with Crippen LogP contribution < -0.4 is 5.32 Å². The number of hydrogen-bond acceptors (Lipinski definition) is 3. The fourth-order valence-corrected chi connectivity index (χ4v) is 4.59. The maximum atomic E-state index is 6.46. The lowest BCUT2D eigenvalue weighted by Gasteiger charge is -2.52. The van der Waals surface area contributed by atoms with Crippen molar-refractivity contribution < 1.29 is 9.47 Å². The number of ether oxygens (including phenoxy) is 2. The molecule has 1 saturated heterocycles. The Balaban J connectivity index is 1.43. The van der Waals surface area contributed by atoms with Crippen LogP contribution in [0.25, 0.3) is 0 Å². The summed E-state index contributed by atoms with van der Waals surface area (Å²) < 4.78 is 12.3. The van der Waals surface area contributed by atoms with Crippen molar-refractivity contribution in [2.24, 2.45) is 5.41 Å². The van der Waals surface area contributed by atoms with Crippen LogP contribution in [0.5, 0.6) is 0 Å². The Bertz CT molecular complexity index is 349. The lowest BCUT2D eigenvalue weighted by atomic mass is 9.64. The summed E-state index contributed by atoms with van der Waals surface area (Å²) in [7, 11) is 0. The predicted octanol–water partition coefficient (Wildman–Crippen LogP) is 3.66. The first-order valence-corrected chi connectivity index (χ1v) is 9.08. The van der Waals surface area contributed by atoms with E-state index in [1.54, 1.807) is 0 Å². The van der Waals surface area contributed by atoms with Gasteiger partial charge in [-0.1, -0.05) is 33.1 Å². The molecule has 0 aromatic carbocycles. The molecule has 0 radical (unpaired) electrons. The summed E-state index contributed by atoms with van der Waals surface area (Å²) >= 11 is 0. The summed E-state index contributed by atoms with van der Waals surface area (Å²) in [6, 6.07) is 0.584. The van der Waals surface area contributed by atoms with Gasteiger partial charge in [-0.05, 0) is 39.0 Å². The van der Waals surface area contributed by atoms with E-state index in [4.69, 9.17) is 9.47 Å². The Morgan fingerprint density at radius 1 is 1.14 bits per heavy atom. The van der Waals surface area contributed by atoms with Gasteiger partial charge >= 0.3 is 0 Å². The molecular formula is C18H33NO2. The van der Waals surface area contributed by atoms with Gasteiger partial charge in [-0.2, -0.15) is 0 Å². The van der Waals surface area contributed by atoms with Crippen molar-refractivity contribution in [2.45, 2.75) is 96.0 Å². The first-order chi connectivity index (χ1) is 10.1. The SMILES string of the molecule is CCOC1CC(NCC2CCC3(CCCCC3)O2)C1(C)C. The monoisotopic (exact) mass is 295 g/mol. The highest BCUT2D eigenvalue weighted by molar-refractivity contribution is 5.03. The van der Waals surface area contributed by atoms with E-state index in [0.29, 0.717) is 18.2 Å². The second kappa shape index (κ2) is 6.17. The maximum Gasteiger partial charge on any atom is 0.0708 e. The third-order valence-corrected chi connectivity index (χ3v) is 6.24. The van der Waals surface area contributed by atoms with Crippen LogP contribution in [0.15, 0.2) is 0 Å². The molecule has 3 unspecified atom stereocenters. The molecule has 3 rings (SSSR count). The molecule has 0 aromatic rings. The fourth-order valence-electron chi connectivity index (χ4n) is 4.59. The van der Waals surface area contributed by atoms with E-state index in [-0.39, 0.29) is 11.0 Å². The van der Waals surface area contributed by atoms with E-state index in [1.807, 2.05) is 0 Å². The first-order valence-electron chi connectivity index (χ1n) is 9.08. The third kappa shape index (κ3) is 3.16. The van der Waals surface area contributed by atoms with Gasteiger partial charge in [-0.25, -0.2) is 0 Å². The van der Waals surface area contributed by atoms with E-state index in [2.05, 4.69) is 26.1 Å². The zero-order valence-corrected chi connectivity index (χ0v) is 14.1. The van der Waals surface area contributed by atoms with Crippen molar-refractivity contribution in [1.82, 2.24) is 5.32 Å². The second-order valence-corrected chi connectivity index (χ2v) is 7.98. The molecule has 3 fully saturated rings. The molecule has 0 bridgehead atoms. The van der Waals surface area contributed by atoms with Crippen LogP contribution in [0.2, 0.25) is 0 Å². The summed E-state index contributed by atoms with van der Waals surface area (Å²) in [6.45, 7) is 8.59. The van der Waals surface area contributed by atoms with Crippen LogP contribution in [0.1, 0.15) is 72.1 Å². The van der Waals surface area contributed by atoms with Gasteiger partial charge in [0.15, 0.2) is 0 Å². The normalized spacial score (nSPS) is 37.6. The van der Waals surface area contributed by atoms with E-state index in [1.165, 1.54) is 44.9 Å². The van der Waals surface area contributed by atoms with Gasteiger partial charge in [0.2, 0.25) is 0 Å². The van der Waals surface area contributed by atoms with Crippen LogP contribution in [0.3, 0.4) is 0 Å². The van der Waals surface area contributed by atoms with Crippen LogP contribution in [0, 0.1) is 5.41 Å². The van der Waals surface area contributed by atoms with Crippen molar-refractivity contribution in [3.8, 4) is 0 Å². The fraction of sp³-hybridized carbons (Fsp3) is 1.00. The molecule has 2 aliphatic carbocycles. The Labute approximate surface area is 130 Å². The highest BCUT2D eigenvalue weighted by atomic mass is 16.5. The molecule has 3 atom stereocenters. The Kier molecular flexibility index (Phi) is 4.63. The van der Waals surface area contributed by atoms with Crippen molar-refractivity contribution in [1.29, 1.82) is 0 Å². The third-order valence-electron chi connectivity index (χ3n) is 6.24. The van der Waals surface area contributed by atoms with Crippen LogP contribution >= 0.6 is 0 Å². The van der Waals surface area contributed by atoms with Crippen molar-refractivity contribution >= 4 is 0 Å². The zero-order chi connectivity index (χ0) is 14.9. The molecule has 0 aromatic heterocycles. The summed E-state index contributed by atoms with van der Waals surface area (Å²) in [5.41, 5.74) is 0.519. The smallest absolute Gasteiger partial charge is 0.0708 e. The van der Waals surface area contributed by atoms with E-state index >= 15 is 0 Å². The molecule has 21 heavy (non-hydrogen) atoms. The van der Waals surface area contributed by atoms with E-state index in [9.17, 15) is 0 Å². The lowest BCUT2D eigenvalue weighted by molar-refractivity contribution is -0.118. The van der Waals surface area contributed by atoms with E-state index in [0.717, 1.165) is 19.6 Å². The zero-order valence-electron chi connectivity index (χ0n) is 14.1. The minimum absolute atomic E-state index is 0.258. The molecule has 1 N–H and O–H groups in total. The molecule has 2 saturated carbocycles. The largest absolute Gasteiger partial charge is 0.378 e. The predicted molar refractivity (Wildman–Crippen MR) is 85.5 cm³/mol. The topological polar surface area (TPSA) is 30.5 Å². The van der Waals surface area contributed by atoms with Gasteiger partial charge in [-0.15, -0.1) is 0 Å². The van der Waals surface area contributed by atoms with Crippen molar-refractivity contribution in [3.63, 3.8) is 0 Å². The van der Waals surface area contributed by atoms with Crippen LogP contribution in [-0.2, 0) is 9.47 Å². The van der Waals surface area contributed by atoms with Gasteiger partial charge in [0.1, 0.15) is 0 Å². The molecule has 1 spiro atoms. The second-order valence-electron chi connectivity index (χ2n) is 7.98. The van der Waals surface area contributed by atoms with Crippen LogP contribution in [0.4, 0.5) is 0 Å². The van der Waals surface area contributed by atoms with Crippen molar-refractivity contribution in [2.75, 3.05) is 13.2 Å². The molecule has 122 valence electrons. The van der Waals surface area contributed by atoms with Gasteiger partial charge < -0.3 is 14.8 Å². The minimum atomic E-state index is 0.258. The Morgan fingerprint density at radius 2 is 1.90 bits per heavy atom. The summed E-state index contributed by atoms with van der Waals surface area (Å²) in [6.07, 6.45) is 11.3. The number of hydrogen-bond donors (Lipinski definition) is 1. The first kappa shape index (κ1) is 15.8. The Hall–Kier alpha value is -0.120. The standard InChI is InChI=1S/C18H33NO2/c1-4-20-16-12-15(17(16,2)3)19-13-14-8-11-18(21-14)9-6-5-7-10-18/h14-16,19H,4-13H2,1-3H3. The van der Waals surface area contributed by atoms with Gasteiger partial charge in [0, 0.05) is 24.6 Å². The molecule has 0 amide bonds. The quantitative estimate of drug-likeness (QED) is 0.839.